The number of nitrogens with one attached hydrogen (secondary N) is 2. The van der Waals surface area contributed by atoms with Crippen molar-refractivity contribution in [2.75, 3.05) is 17.7 Å². The summed E-state index contributed by atoms with van der Waals surface area (Å²) in [6.45, 7) is 1.32. The molecule has 0 aliphatic heterocycles. The molecule has 2 rings (SSSR count). The molecule has 0 radical (unpaired) electrons. The second kappa shape index (κ2) is 12.5. The number of hydrogen-bond acceptors (Lipinski definition) is 7. The zero-order valence-corrected chi connectivity index (χ0v) is 24.2. The van der Waals surface area contributed by atoms with Crippen molar-refractivity contribution in [1.82, 2.24) is 0 Å². The first kappa shape index (κ1) is 28.3. The molecule has 0 saturated heterocycles. The van der Waals surface area contributed by atoms with Gasteiger partial charge in [0.05, 0.1) is 14.8 Å². The fourth-order valence-electron chi connectivity index (χ4n) is 2.20. The Morgan fingerprint density at radius 2 is 1.77 bits per heavy atom. The first-order valence-electron chi connectivity index (χ1n) is 8.02. The second-order valence-corrected chi connectivity index (χ2v) is 12.5. The minimum Gasteiger partial charge on any atom is -0.478 e. The molecule has 0 heterocycles. The van der Waals surface area contributed by atoms with E-state index in [2.05, 4.69) is 14.5 Å². The summed E-state index contributed by atoms with van der Waals surface area (Å²) >= 11 is 1.07. The van der Waals surface area contributed by atoms with Crippen LogP contribution in [0.3, 0.4) is 0 Å². The van der Waals surface area contributed by atoms with Crippen LogP contribution in [0.5, 0.6) is 0 Å². The monoisotopic (exact) mass is 832 g/mol. The number of carboxylic acids is 1. The number of anilines is 2. The Balaban J connectivity index is 0.000000311. The molecule has 0 aliphatic carbocycles. The Kier molecular flexibility index (Phi) is 11.4. The van der Waals surface area contributed by atoms with E-state index >= 15 is 0 Å². The van der Waals surface area contributed by atoms with Gasteiger partial charge in [0, 0.05) is 19.8 Å². The molecule has 1 unspecified atom stereocenters. The van der Waals surface area contributed by atoms with Crippen LogP contribution in [0.25, 0.3) is 0 Å². The van der Waals surface area contributed by atoms with E-state index in [1.807, 2.05) is 67.8 Å². The summed E-state index contributed by atoms with van der Waals surface area (Å²) in [5.74, 6) is -1.32. The van der Waals surface area contributed by atoms with E-state index in [9.17, 15) is 22.2 Å². The van der Waals surface area contributed by atoms with Gasteiger partial charge in [0.1, 0.15) is 0 Å². The maximum absolute atomic E-state index is 11.3. The van der Waals surface area contributed by atoms with Gasteiger partial charge in [-0.25, -0.2) is 4.79 Å². The molecular weight excluding hydrogens is 816 g/mol. The van der Waals surface area contributed by atoms with E-state index in [4.69, 9.17) is 10.4 Å². The predicted octanol–water partition coefficient (Wildman–Crippen LogP) is 2.76. The quantitative estimate of drug-likeness (QED) is 0.0970. The standard InChI is InChI=1S/C9H6I3NO3.C8H10AsNO5/c1-13-8-6(11)3(2-14)5(10)4(7(8)12)9(15)16;1-6(11)10-8-4-2-3-7(5-8)9(12,13)15-14/h2,13H,1H3,(H,15,16);2-5,14H,1H3,(H,10,11)(H,12,13). The number of halogens is 3. The Bertz CT molecular complexity index is 1060. The third-order valence-corrected chi connectivity index (χ3v) is 9.27. The van der Waals surface area contributed by atoms with Crippen LogP contribution >= 0.6 is 67.8 Å². The maximum Gasteiger partial charge on any atom is 0.337 e. The molecule has 0 fully saturated rings. The minimum absolute atomic E-state index is 0.0399. The Hall–Kier alpha value is -0.722. The molecule has 31 heavy (non-hydrogen) atoms. The van der Waals surface area contributed by atoms with Crippen molar-refractivity contribution < 1.29 is 36.5 Å². The molecule has 14 heteroatoms. The molecular formula is C17H16AsI3N2O8. The molecule has 168 valence electrons. The topological polar surface area (TPSA) is 162 Å². The molecule has 0 aliphatic rings. The zero-order chi connectivity index (χ0) is 23.9. The van der Waals surface area contributed by atoms with Gasteiger partial charge in [-0.3, -0.25) is 4.79 Å². The normalized spacial score (nSPS) is 12.1. The third-order valence-electron chi connectivity index (χ3n) is 3.54. The summed E-state index contributed by atoms with van der Waals surface area (Å²) in [5.41, 5.74) is 1.64. The predicted molar refractivity (Wildman–Crippen MR) is 139 cm³/mol. The number of rotatable bonds is 6. The number of benzene rings is 2. The van der Waals surface area contributed by atoms with E-state index in [0.717, 1.165) is 3.57 Å². The van der Waals surface area contributed by atoms with Crippen LogP contribution in [-0.2, 0) is 12.4 Å². The van der Waals surface area contributed by atoms with E-state index in [1.165, 1.54) is 25.1 Å². The fourth-order valence-corrected chi connectivity index (χ4v) is 8.03. The molecule has 2 aromatic carbocycles. The molecule has 0 saturated carbocycles. The summed E-state index contributed by atoms with van der Waals surface area (Å²) in [5, 5.41) is 22.7. The van der Waals surface area contributed by atoms with Gasteiger partial charge < -0.3 is 10.4 Å². The number of amides is 1. The number of carboxylic acid groups (broad SMARTS) is 1. The summed E-state index contributed by atoms with van der Waals surface area (Å²) in [6, 6.07) is 5.64. The van der Waals surface area contributed by atoms with Crippen LogP contribution in [0, 0.1) is 10.7 Å². The average molecular weight is 832 g/mol. The van der Waals surface area contributed by atoms with Crippen molar-refractivity contribution in [2.24, 2.45) is 0 Å². The van der Waals surface area contributed by atoms with Crippen molar-refractivity contribution in [3.05, 3.63) is 46.1 Å². The van der Waals surface area contributed by atoms with Crippen molar-refractivity contribution in [2.45, 2.75) is 6.92 Å². The fraction of sp³-hybridized carbons (Fsp3) is 0.118. The van der Waals surface area contributed by atoms with Crippen LogP contribution in [0.1, 0.15) is 27.6 Å². The molecule has 0 spiro atoms. The summed E-state index contributed by atoms with van der Waals surface area (Å²) < 4.78 is 25.8. The zero-order valence-electron chi connectivity index (χ0n) is 15.9. The van der Waals surface area contributed by atoms with E-state index in [0.29, 0.717) is 30.4 Å². The van der Waals surface area contributed by atoms with E-state index < -0.39 is 20.1 Å². The van der Waals surface area contributed by atoms with Gasteiger partial charge in [-0.1, -0.05) is 0 Å². The van der Waals surface area contributed by atoms with Gasteiger partial charge in [-0.15, -0.1) is 0 Å². The third kappa shape index (κ3) is 7.39. The van der Waals surface area contributed by atoms with Crippen LogP contribution in [0.15, 0.2) is 24.3 Å². The Morgan fingerprint density at radius 1 is 1.16 bits per heavy atom. The van der Waals surface area contributed by atoms with Gasteiger partial charge in [0.2, 0.25) is 0 Å². The van der Waals surface area contributed by atoms with Crippen molar-refractivity contribution in [3.8, 4) is 0 Å². The number of hydrogen-bond donors (Lipinski definition) is 5. The SMILES string of the molecule is CC(=O)Nc1cccc([As](=O)(O)OO)c1.CNc1c(I)c(C=O)c(I)c(C(=O)O)c1I. The van der Waals surface area contributed by atoms with Gasteiger partial charge in [-0.2, -0.15) is 0 Å². The Labute approximate surface area is 220 Å². The average Bonchev–Trinajstić information content (AvgIpc) is 2.68. The molecule has 0 aromatic heterocycles. The molecule has 0 bridgehead atoms. The molecule has 10 nitrogen and oxygen atoms in total. The van der Waals surface area contributed by atoms with Crippen LogP contribution in [0.2, 0.25) is 0 Å². The van der Waals surface area contributed by atoms with Gasteiger partial charge >= 0.3 is 94.4 Å². The molecule has 2 aromatic rings. The number of carbonyl (C=O) groups excluding carboxylic acids is 2. The molecule has 5 N–H and O–H groups in total. The van der Waals surface area contributed by atoms with E-state index in [-0.39, 0.29) is 15.8 Å². The second-order valence-electron chi connectivity index (χ2n) is 5.61. The summed E-state index contributed by atoms with van der Waals surface area (Å²) in [4.78, 5) is 32.8. The van der Waals surface area contributed by atoms with Crippen molar-refractivity contribution in [1.29, 1.82) is 0 Å². The van der Waals surface area contributed by atoms with Gasteiger partial charge in [0.15, 0.2) is 6.29 Å². The van der Waals surface area contributed by atoms with Crippen molar-refractivity contribution in [3.63, 3.8) is 0 Å². The first-order chi connectivity index (χ1) is 14.4. The summed E-state index contributed by atoms with van der Waals surface area (Å²) in [7, 11) is 1.70. The molecule has 1 atom stereocenters. The van der Waals surface area contributed by atoms with Crippen molar-refractivity contribution >= 4 is 116 Å². The first-order valence-corrected chi connectivity index (χ1v) is 14.6. The van der Waals surface area contributed by atoms with Crippen LogP contribution < -0.4 is 15.0 Å². The van der Waals surface area contributed by atoms with Crippen LogP contribution in [-0.4, -0.2) is 53.8 Å². The number of aromatic carboxylic acids is 1. The van der Waals surface area contributed by atoms with Gasteiger partial charge in [-0.05, 0) is 67.8 Å². The van der Waals surface area contributed by atoms with E-state index in [1.54, 1.807) is 13.1 Å². The summed E-state index contributed by atoms with van der Waals surface area (Å²) in [6.07, 6.45) is 0.687. The minimum atomic E-state index is -4.83. The largest absolute Gasteiger partial charge is 0.478 e. The Morgan fingerprint density at radius 3 is 2.23 bits per heavy atom. The van der Waals surface area contributed by atoms with Gasteiger partial charge in [0.25, 0.3) is 0 Å². The van der Waals surface area contributed by atoms with Crippen LogP contribution in [0.4, 0.5) is 11.4 Å². The maximum atomic E-state index is 11.3. The smallest absolute Gasteiger partial charge is 0.337 e. The number of aldehydes is 1. The number of carbonyl (C=O) groups is 3. The molecule has 1 amide bonds.